The Kier molecular flexibility index (Phi) is 4.54. The monoisotopic (exact) mass is 260 g/mol. The fraction of sp³-hybridized carbons (Fsp3) is 0.571. The Morgan fingerprint density at radius 1 is 1.24 bits per heavy atom. The molecular formula is C14H19ClF2. The largest absolute Gasteiger partial charge is 0.207 e. The number of alkyl halides is 1. The molecule has 0 N–H and O–H groups in total. The van der Waals surface area contributed by atoms with Crippen molar-refractivity contribution in [2.75, 3.05) is 0 Å². The summed E-state index contributed by atoms with van der Waals surface area (Å²) in [6.07, 6.45) is 0.910. The van der Waals surface area contributed by atoms with Crippen LogP contribution in [0.1, 0.15) is 38.3 Å². The second-order valence-corrected chi connectivity index (χ2v) is 6.06. The molecule has 1 unspecified atom stereocenters. The van der Waals surface area contributed by atoms with Gasteiger partial charge in [-0.1, -0.05) is 26.8 Å². The van der Waals surface area contributed by atoms with Crippen LogP contribution in [0.25, 0.3) is 0 Å². The van der Waals surface area contributed by atoms with Gasteiger partial charge in [0.2, 0.25) is 0 Å². The molecule has 17 heavy (non-hydrogen) atoms. The molecule has 0 aromatic heterocycles. The molecule has 96 valence electrons. The number of rotatable bonds is 3. The van der Waals surface area contributed by atoms with Crippen molar-refractivity contribution >= 4 is 11.6 Å². The fourth-order valence-corrected chi connectivity index (χ4v) is 1.76. The first-order chi connectivity index (χ1) is 7.73. The molecule has 0 heterocycles. The normalized spacial score (nSPS) is 13.8. The average molecular weight is 261 g/mol. The Hall–Kier alpha value is -0.630. The molecule has 0 fully saturated rings. The second-order valence-electron chi connectivity index (χ2n) is 5.53. The summed E-state index contributed by atoms with van der Waals surface area (Å²) in [5.74, 6) is -0.923. The minimum absolute atomic E-state index is 0.0572. The van der Waals surface area contributed by atoms with Crippen molar-refractivity contribution in [1.29, 1.82) is 0 Å². The van der Waals surface area contributed by atoms with Gasteiger partial charge < -0.3 is 0 Å². The summed E-state index contributed by atoms with van der Waals surface area (Å²) in [5, 5.41) is -0.0955. The van der Waals surface area contributed by atoms with Gasteiger partial charge in [0.05, 0.1) is 0 Å². The molecule has 0 saturated carbocycles. The number of hydrogen-bond acceptors (Lipinski definition) is 0. The number of aryl methyl sites for hydroxylation is 1. The van der Waals surface area contributed by atoms with Gasteiger partial charge in [0, 0.05) is 10.9 Å². The van der Waals surface area contributed by atoms with Gasteiger partial charge in [0.15, 0.2) is 0 Å². The van der Waals surface area contributed by atoms with Crippen LogP contribution in [0.3, 0.4) is 0 Å². The van der Waals surface area contributed by atoms with Gasteiger partial charge >= 0.3 is 0 Å². The smallest absolute Gasteiger partial charge is 0.132 e. The van der Waals surface area contributed by atoms with Gasteiger partial charge in [-0.05, 0) is 36.8 Å². The molecule has 1 aromatic carbocycles. The van der Waals surface area contributed by atoms with E-state index in [1.165, 1.54) is 12.1 Å². The third kappa shape index (κ3) is 3.67. The summed E-state index contributed by atoms with van der Waals surface area (Å²) in [6, 6.07) is 2.77. The quantitative estimate of drug-likeness (QED) is 0.681. The molecule has 1 aromatic rings. The van der Waals surface area contributed by atoms with E-state index in [9.17, 15) is 8.78 Å². The van der Waals surface area contributed by atoms with Crippen molar-refractivity contribution in [2.45, 2.75) is 45.9 Å². The minimum atomic E-state index is -0.481. The molecule has 0 aliphatic rings. The Balaban J connectivity index is 2.80. The Bertz CT molecular complexity index is 394. The predicted octanol–water partition coefficient (Wildman–Crippen LogP) is 4.86. The van der Waals surface area contributed by atoms with Gasteiger partial charge in [0.1, 0.15) is 11.6 Å². The lowest BCUT2D eigenvalue weighted by atomic mass is 9.88. The van der Waals surface area contributed by atoms with Crippen LogP contribution in [0.2, 0.25) is 0 Å². The summed E-state index contributed by atoms with van der Waals surface area (Å²) < 4.78 is 27.2. The van der Waals surface area contributed by atoms with Gasteiger partial charge in [-0.2, -0.15) is 0 Å². The predicted molar refractivity (Wildman–Crippen MR) is 68.5 cm³/mol. The van der Waals surface area contributed by atoms with E-state index in [-0.39, 0.29) is 16.4 Å². The molecule has 0 amide bonds. The highest BCUT2D eigenvalue weighted by atomic mass is 35.5. The van der Waals surface area contributed by atoms with Crippen LogP contribution in [-0.4, -0.2) is 5.38 Å². The summed E-state index contributed by atoms with van der Waals surface area (Å²) in [4.78, 5) is 0. The van der Waals surface area contributed by atoms with Crippen LogP contribution >= 0.6 is 11.6 Å². The maximum Gasteiger partial charge on any atom is 0.132 e. The van der Waals surface area contributed by atoms with E-state index in [1.807, 2.05) is 20.8 Å². The Morgan fingerprint density at radius 2 is 1.82 bits per heavy atom. The Labute approximate surface area is 107 Å². The van der Waals surface area contributed by atoms with E-state index in [4.69, 9.17) is 11.6 Å². The van der Waals surface area contributed by atoms with Crippen molar-refractivity contribution in [2.24, 2.45) is 5.41 Å². The van der Waals surface area contributed by atoms with Crippen molar-refractivity contribution < 1.29 is 8.78 Å². The first-order valence-electron chi connectivity index (χ1n) is 5.81. The molecule has 3 heteroatoms. The number of hydrogen-bond donors (Lipinski definition) is 0. The van der Waals surface area contributed by atoms with Crippen LogP contribution in [0.5, 0.6) is 0 Å². The van der Waals surface area contributed by atoms with Crippen molar-refractivity contribution in [1.82, 2.24) is 0 Å². The lowest BCUT2D eigenvalue weighted by molar-refractivity contribution is 0.371. The van der Waals surface area contributed by atoms with Gasteiger partial charge in [-0.15, -0.1) is 11.6 Å². The maximum atomic E-state index is 13.7. The zero-order chi connectivity index (χ0) is 13.2. The fourth-order valence-electron chi connectivity index (χ4n) is 1.65. The first kappa shape index (κ1) is 14.4. The van der Waals surface area contributed by atoms with E-state index in [1.54, 1.807) is 6.92 Å². The van der Waals surface area contributed by atoms with Crippen LogP contribution in [-0.2, 0) is 6.42 Å². The summed E-state index contributed by atoms with van der Waals surface area (Å²) in [6.45, 7) is 7.70. The lowest BCUT2D eigenvalue weighted by Crippen LogP contribution is -2.21. The molecule has 0 aliphatic heterocycles. The number of halogens is 3. The maximum absolute atomic E-state index is 13.7. The van der Waals surface area contributed by atoms with E-state index >= 15 is 0 Å². The summed E-state index contributed by atoms with van der Waals surface area (Å²) in [7, 11) is 0. The first-order valence-corrected chi connectivity index (χ1v) is 6.24. The standard InChI is InChI=1S/C14H19ClF2/c1-9-5-7-11(16)10(13(9)17)6-8-12(15)14(2,3)4/h5,7,12H,6,8H2,1-4H3. The van der Waals surface area contributed by atoms with Crippen LogP contribution < -0.4 is 0 Å². The van der Waals surface area contributed by atoms with Crippen LogP contribution in [0.15, 0.2) is 12.1 Å². The van der Waals surface area contributed by atoms with Crippen molar-refractivity contribution in [3.05, 3.63) is 34.9 Å². The highest BCUT2D eigenvalue weighted by Crippen LogP contribution is 2.29. The summed E-state index contributed by atoms with van der Waals surface area (Å²) in [5.41, 5.74) is 0.571. The van der Waals surface area contributed by atoms with Crippen LogP contribution in [0, 0.1) is 24.0 Å². The second kappa shape index (κ2) is 5.34. The zero-order valence-corrected chi connectivity index (χ0v) is 11.5. The number of benzene rings is 1. The molecule has 1 atom stereocenters. The van der Waals surface area contributed by atoms with Gasteiger partial charge in [-0.3, -0.25) is 0 Å². The molecule has 0 saturated heterocycles. The van der Waals surface area contributed by atoms with E-state index in [2.05, 4.69) is 0 Å². The molecule has 0 radical (unpaired) electrons. The zero-order valence-electron chi connectivity index (χ0n) is 10.8. The van der Waals surface area contributed by atoms with Crippen molar-refractivity contribution in [3.8, 4) is 0 Å². The summed E-state index contributed by atoms with van der Waals surface area (Å²) >= 11 is 6.21. The third-order valence-electron chi connectivity index (χ3n) is 2.97. The SMILES string of the molecule is Cc1ccc(F)c(CCC(Cl)C(C)(C)C)c1F. The minimum Gasteiger partial charge on any atom is -0.207 e. The molecule has 0 spiro atoms. The average Bonchev–Trinajstić information content (AvgIpc) is 2.22. The van der Waals surface area contributed by atoms with E-state index < -0.39 is 11.6 Å². The topological polar surface area (TPSA) is 0 Å². The Morgan fingerprint density at radius 3 is 2.35 bits per heavy atom. The molecule has 0 nitrogen and oxygen atoms in total. The molecule has 0 aliphatic carbocycles. The molecule has 0 bridgehead atoms. The van der Waals surface area contributed by atoms with E-state index in [0.29, 0.717) is 18.4 Å². The highest BCUT2D eigenvalue weighted by molar-refractivity contribution is 6.21. The highest BCUT2D eigenvalue weighted by Gasteiger charge is 2.23. The molecular weight excluding hydrogens is 242 g/mol. The molecule has 1 rings (SSSR count). The van der Waals surface area contributed by atoms with Gasteiger partial charge in [0.25, 0.3) is 0 Å². The lowest BCUT2D eigenvalue weighted by Gasteiger charge is -2.25. The van der Waals surface area contributed by atoms with E-state index in [0.717, 1.165) is 0 Å². The van der Waals surface area contributed by atoms with Crippen molar-refractivity contribution in [3.63, 3.8) is 0 Å². The van der Waals surface area contributed by atoms with Crippen LogP contribution in [0.4, 0.5) is 8.78 Å². The third-order valence-corrected chi connectivity index (χ3v) is 3.84. The van der Waals surface area contributed by atoms with Gasteiger partial charge in [-0.25, -0.2) is 8.78 Å².